The van der Waals surface area contributed by atoms with Gasteiger partial charge >= 0.3 is 0 Å². The maximum absolute atomic E-state index is 13.0. The molecular formula is C18H21ClFNO. The molecule has 0 amide bonds. The molecule has 1 N–H and O–H groups in total. The highest BCUT2D eigenvalue weighted by atomic mass is 35.5. The summed E-state index contributed by atoms with van der Waals surface area (Å²) in [4.78, 5) is 0. The topological polar surface area (TPSA) is 21.3 Å². The van der Waals surface area contributed by atoms with E-state index in [0.717, 1.165) is 24.4 Å². The van der Waals surface area contributed by atoms with E-state index < -0.39 is 0 Å². The summed E-state index contributed by atoms with van der Waals surface area (Å²) in [6, 6.07) is 12.3. The van der Waals surface area contributed by atoms with E-state index in [9.17, 15) is 4.39 Å². The first kappa shape index (κ1) is 16.8. The van der Waals surface area contributed by atoms with Crippen molar-refractivity contribution in [2.45, 2.75) is 32.9 Å². The van der Waals surface area contributed by atoms with Gasteiger partial charge in [-0.05, 0) is 42.8 Å². The Morgan fingerprint density at radius 1 is 1.18 bits per heavy atom. The van der Waals surface area contributed by atoms with E-state index in [1.54, 1.807) is 6.07 Å². The van der Waals surface area contributed by atoms with Crippen LogP contribution in [0.5, 0.6) is 5.75 Å². The number of nitrogens with one attached hydrogen (secondary N) is 1. The van der Waals surface area contributed by atoms with Crippen LogP contribution in [-0.4, -0.2) is 6.54 Å². The Morgan fingerprint density at radius 2 is 2.05 bits per heavy atom. The van der Waals surface area contributed by atoms with Crippen LogP contribution < -0.4 is 10.1 Å². The van der Waals surface area contributed by atoms with E-state index in [2.05, 4.69) is 18.3 Å². The zero-order valence-corrected chi connectivity index (χ0v) is 13.5. The normalized spacial score (nSPS) is 10.7. The highest BCUT2D eigenvalue weighted by Gasteiger charge is 2.04. The number of hydrogen-bond acceptors (Lipinski definition) is 2. The van der Waals surface area contributed by atoms with Crippen molar-refractivity contribution in [2.24, 2.45) is 0 Å². The van der Waals surface area contributed by atoms with Crippen molar-refractivity contribution in [3.05, 3.63) is 64.4 Å². The predicted molar refractivity (Wildman–Crippen MR) is 88.8 cm³/mol. The maximum Gasteiger partial charge on any atom is 0.124 e. The molecule has 2 aromatic rings. The van der Waals surface area contributed by atoms with Gasteiger partial charge in [0.05, 0.1) is 5.02 Å². The number of rotatable bonds is 8. The molecule has 0 radical (unpaired) electrons. The van der Waals surface area contributed by atoms with Gasteiger partial charge in [-0.15, -0.1) is 0 Å². The van der Waals surface area contributed by atoms with Crippen LogP contribution in [-0.2, 0) is 13.2 Å². The van der Waals surface area contributed by atoms with Gasteiger partial charge in [0.2, 0.25) is 0 Å². The van der Waals surface area contributed by atoms with Gasteiger partial charge in [-0.1, -0.05) is 43.1 Å². The second-order valence-corrected chi connectivity index (χ2v) is 5.61. The lowest BCUT2D eigenvalue weighted by molar-refractivity contribution is 0.306. The zero-order valence-electron chi connectivity index (χ0n) is 12.7. The lowest BCUT2D eigenvalue weighted by Gasteiger charge is -2.10. The highest BCUT2D eigenvalue weighted by molar-refractivity contribution is 6.31. The highest BCUT2D eigenvalue weighted by Crippen LogP contribution is 2.20. The number of benzene rings is 2. The van der Waals surface area contributed by atoms with Crippen molar-refractivity contribution in [3.8, 4) is 5.75 Å². The Kier molecular flexibility index (Phi) is 6.69. The zero-order chi connectivity index (χ0) is 15.8. The largest absolute Gasteiger partial charge is 0.489 e. The van der Waals surface area contributed by atoms with Crippen LogP contribution in [0.3, 0.4) is 0 Å². The summed E-state index contributed by atoms with van der Waals surface area (Å²) in [6.45, 7) is 4.35. The van der Waals surface area contributed by atoms with Crippen LogP contribution in [0, 0.1) is 5.82 Å². The van der Waals surface area contributed by atoms with E-state index in [1.165, 1.54) is 30.5 Å². The van der Waals surface area contributed by atoms with Gasteiger partial charge in [-0.2, -0.15) is 0 Å². The molecule has 0 bridgehead atoms. The molecule has 0 saturated heterocycles. The van der Waals surface area contributed by atoms with Gasteiger partial charge in [0.1, 0.15) is 18.2 Å². The Bertz CT molecular complexity index is 603. The molecule has 0 aliphatic heterocycles. The van der Waals surface area contributed by atoms with Crippen molar-refractivity contribution < 1.29 is 9.13 Å². The van der Waals surface area contributed by atoms with Gasteiger partial charge in [-0.3, -0.25) is 0 Å². The third-order valence-electron chi connectivity index (χ3n) is 3.34. The first-order valence-electron chi connectivity index (χ1n) is 7.55. The molecule has 0 heterocycles. The monoisotopic (exact) mass is 321 g/mol. The fraction of sp³-hybridized carbons (Fsp3) is 0.333. The molecular weight excluding hydrogens is 301 g/mol. The summed E-state index contributed by atoms with van der Waals surface area (Å²) in [6.07, 6.45) is 2.37. The summed E-state index contributed by atoms with van der Waals surface area (Å²) in [5, 5.41) is 3.79. The lowest BCUT2D eigenvalue weighted by atomic mass is 10.2. The van der Waals surface area contributed by atoms with Crippen LogP contribution in [0.15, 0.2) is 42.5 Å². The molecule has 0 atom stereocenters. The molecule has 2 rings (SSSR count). The predicted octanol–water partition coefficient (Wildman–Crippen LogP) is 4.95. The van der Waals surface area contributed by atoms with E-state index in [1.807, 2.05) is 18.2 Å². The van der Waals surface area contributed by atoms with Crippen LogP contribution in [0.25, 0.3) is 0 Å². The number of unbranched alkanes of at least 4 members (excludes halogenated alkanes) is 1. The summed E-state index contributed by atoms with van der Waals surface area (Å²) in [5.41, 5.74) is 1.95. The quantitative estimate of drug-likeness (QED) is 0.695. The summed E-state index contributed by atoms with van der Waals surface area (Å²) >= 11 is 6.00. The van der Waals surface area contributed by atoms with Crippen molar-refractivity contribution in [1.82, 2.24) is 5.32 Å². The second kappa shape index (κ2) is 8.76. The fourth-order valence-corrected chi connectivity index (χ4v) is 2.30. The third-order valence-corrected chi connectivity index (χ3v) is 3.70. The average molecular weight is 322 g/mol. The van der Waals surface area contributed by atoms with Crippen LogP contribution in [0.1, 0.15) is 30.9 Å². The van der Waals surface area contributed by atoms with E-state index >= 15 is 0 Å². The Labute approximate surface area is 136 Å². The molecule has 0 unspecified atom stereocenters. The molecule has 22 heavy (non-hydrogen) atoms. The molecule has 0 spiro atoms. The third kappa shape index (κ3) is 5.32. The first-order chi connectivity index (χ1) is 10.7. The van der Waals surface area contributed by atoms with E-state index in [4.69, 9.17) is 16.3 Å². The van der Waals surface area contributed by atoms with E-state index in [0.29, 0.717) is 11.6 Å². The summed E-state index contributed by atoms with van der Waals surface area (Å²) < 4.78 is 18.8. The molecule has 0 saturated carbocycles. The van der Waals surface area contributed by atoms with Crippen molar-refractivity contribution in [3.63, 3.8) is 0 Å². The minimum Gasteiger partial charge on any atom is -0.489 e. The molecule has 4 heteroatoms. The molecule has 118 valence electrons. The van der Waals surface area contributed by atoms with Crippen LogP contribution in [0.4, 0.5) is 4.39 Å². The van der Waals surface area contributed by atoms with E-state index in [-0.39, 0.29) is 5.82 Å². The number of ether oxygens (including phenoxy) is 1. The first-order valence-corrected chi connectivity index (χ1v) is 7.93. The van der Waals surface area contributed by atoms with Gasteiger partial charge < -0.3 is 10.1 Å². The standard InChI is InChI=1S/C18H21ClFNO/c1-2-3-9-21-12-14-5-4-6-17(10-14)22-13-15-7-8-16(20)11-18(15)19/h4-8,10-11,21H,2-3,9,12-13H2,1H3. The Balaban J connectivity index is 1.89. The average Bonchev–Trinajstić information content (AvgIpc) is 2.51. The van der Waals surface area contributed by atoms with Gasteiger partial charge in [0.15, 0.2) is 0 Å². The van der Waals surface area contributed by atoms with Crippen LogP contribution in [0.2, 0.25) is 5.02 Å². The second-order valence-electron chi connectivity index (χ2n) is 5.20. The Morgan fingerprint density at radius 3 is 2.82 bits per heavy atom. The minimum atomic E-state index is -0.339. The molecule has 2 aromatic carbocycles. The van der Waals surface area contributed by atoms with Gasteiger partial charge in [0.25, 0.3) is 0 Å². The molecule has 0 fully saturated rings. The van der Waals surface area contributed by atoms with Crippen molar-refractivity contribution >= 4 is 11.6 Å². The fourth-order valence-electron chi connectivity index (χ4n) is 2.08. The minimum absolute atomic E-state index is 0.325. The Hall–Kier alpha value is -1.58. The smallest absolute Gasteiger partial charge is 0.124 e. The number of hydrogen-bond donors (Lipinski definition) is 1. The summed E-state index contributed by atoms with van der Waals surface area (Å²) in [7, 11) is 0. The van der Waals surface area contributed by atoms with Gasteiger partial charge in [0, 0.05) is 12.1 Å². The SMILES string of the molecule is CCCCNCc1cccc(OCc2ccc(F)cc2Cl)c1. The number of halogens is 2. The van der Waals surface area contributed by atoms with Gasteiger partial charge in [-0.25, -0.2) is 4.39 Å². The maximum atomic E-state index is 13.0. The van der Waals surface area contributed by atoms with Crippen LogP contribution >= 0.6 is 11.6 Å². The summed E-state index contributed by atoms with van der Waals surface area (Å²) in [5.74, 6) is 0.448. The molecule has 0 aliphatic rings. The molecule has 0 aromatic heterocycles. The molecule has 0 aliphatic carbocycles. The lowest BCUT2D eigenvalue weighted by Crippen LogP contribution is -2.14. The van der Waals surface area contributed by atoms with Crippen molar-refractivity contribution in [1.29, 1.82) is 0 Å². The molecule has 2 nitrogen and oxygen atoms in total. The van der Waals surface area contributed by atoms with Crippen molar-refractivity contribution in [2.75, 3.05) is 6.54 Å².